The fourth-order valence-corrected chi connectivity index (χ4v) is 4.00. The summed E-state index contributed by atoms with van der Waals surface area (Å²) in [6.07, 6.45) is 2.34. The molecule has 0 aromatic heterocycles. The van der Waals surface area contributed by atoms with Crippen molar-refractivity contribution < 1.29 is 14.3 Å². The van der Waals surface area contributed by atoms with Gasteiger partial charge in [-0.05, 0) is 50.2 Å². The Morgan fingerprint density at radius 2 is 1.59 bits per heavy atom. The molecule has 4 nitrogen and oxygen atoms in total. The lowest BCUT2D eigenvalue weighted by atomic mass is 9.83. The molecule has 0 fully saturated rings. The molecule has 1 N–H and O–H groups in total. The van der Waals surface area contributed by atoms with Crippen LogP contribution < -0.4 is 10.1 Å². The summed E-state index contributed by atoms with van der Waals surface area (Å²) in [4.78, 5) is 13.5. The molecule has 0 aliphatic heterocycles. The smallest absolute Gasteiger partial charge is 0.256 e. The van der Waals surface area contributed by atoms with E-state index >= 15 is 0 Å². The summed E-state index contributed by atoms with van der Waals surface area (Å²) >= 11 is 0. The standard InChI is InChI=1S/C25H37NO3/c1-7-15-28-23-14-13-22(20-11-9-10-12-21(20)23)26-24(27)25(29-8-2,16-18(3)4)17-19(5)6/h9-14,18-19H,7-8,15-17H2,1-6H3,(H,26,27). The van der Waals surface area contributed by atoms with E-state index in [4.69, 9.17) is 9.47 Å². The predicted octanol–water partition coefficient (Wildman–Crippen LogP) is 6.43. The van der Waals surface area contributed by atoms with Gasteiger partial charge in [0.25, 0.3) is 5.91 Å². The van der Waals surface area contributed by atoms with E-state index in [-0.39, 0.29) is 5.91 Å². The highest BCUT2D eigenvalue weighted by atomic mass is 16.5. The fourth-order valence-electron chi connectivity index (χ4n) is 4.00. The lowest BCUT2D eigenvalue weighted by molar-refractivity contribution is -0.146. The van der Waals surface area contributed by atoms with Gasteiger partial charge in [-0.3, -0.25) is 4.79 Å². The predicted molar refractivity (Wildman–Crippen MR) is 122 cm³/mol. The number of hydrogen-bond donors (Lipinski definition) is 1. The minimum absolute atomic E-state index is 0.0610. The number of benzene rings is 2. The lowest BCUT2D eigenvalue weighted by Crippen LogP contribution is -2.47. The molecule has 0 saturated carbocycles. The van der Waals surface area contributed by atoms with Crippen LogP contribution >= 0.6 is 0 Å². The molecule has 0 heterocycles. The topological polar surface area (TPSA) is 47.6 Å². The number of carbonyl (C=O) groups excluding carboxylic acids is 1. The van der Waals surface area contributed by atoms with Crippen molar-refractivity contribution in [2.24, 2.45) is 11.8 Å². The van der Waals surface area contributed by atoms with Gasteiger partial charge >= 0.3 is 0 Å². The van der Waals surface area contributed by atoms with Crippen molar-refractivity contribution in [3.63, 3.8) is 0 Å². The average Bonchev–Trinajstić information content (AvgIpc) is 2.66. The Kier molecular flexibility index (Phi) is 8.51. The summed E-state index contributed by atoms with van der Waals surface area (Å²) in [5, 5.41) is 5.17. The first kappa shape index (κ1) is 23.2. The van der Waals surface area contributed by atoms with Crippen LogP contribution in [-0.2, 0) is 9.53 Å². The summed E-state index contributed by atoms with van der Waals surface area (Å²) in [5.41, 5.74) is -0.0266. The zero-order valence-electron chi connectivity index (χ0n) is 18.9. The second-order valence-electron chi connectivity index (χ2n) is 8.58. The molecule has 0 unspecified atom stereocenters. The normalized spacial score (nSPS) is 12.0. The maximum Gasteiger partial charge on any atom is 0.256 e. The zero-order chi connectivity index (χ0) is 21.4. The molecule has 0 bridgehead atoms. The van der Waals surface area contributed by atoms with E-state index < -0.39 is 5.60 Å². The van der Waals surface area contributed by atoms with Crippen molar-refractivity contribution in [2.75, 3.05) is 18.5 Å². The highest BCUT2D eigenvalue weighted by molar-refractivity contribution is 6.06. The summed E-state index contributed by atoms with van der Waals surface area (Å²) in [5.74, 6) is 1.50. The van der Waals surface area contributed by atoms with Crippen LogP contribution in [0, 0.1) is 11.8 Å². The largest absolute Gasteiger partial charge is 0.493 e. The van der Waals surface area contributed by atoms with E-state index in [0.717, 1.165) is 28.6 Å². The van der Waals surface area contributed by atoms with Crippen LogP contribution in [0.25, 0.3) is 10.8 Å². The molecule has 29 heavy (non-hydrogen) atoms. The van der Waals surface area contributed by atoms with Gasteiger partial charge in [0, 0.05) is 23.1 Å². The Bertz CT molecular complexity index is 788. The van der Waals surface area contributed by atoms with Crippen LogP contribution in [0.5, 0.6) is 5.75 Å². The van der Waals surface area contributed by atoms with Crippen LogP contribution in [0.3, 0.4) is 0 Å². The Balaban J connectivity index is 2.41. The third-order valence-corrected chi connectivity index (χ3v) is 4.90. The number of amides is 1. The van der Waals surface area contributed by atoms with Crippen LogP contribution in [0.15, 0.2) is 36.4 Å². The molecule has 2 aromatic carbocycles. The van der Waals surface area contributed by atoms with Gasteiger partial charge in [0.15, 0.2) is 0 Å². The van der Waals surface area contributed by atoms with Gasteiger partial charge in [0.1, 0.15) is 11.4 Å². The van der Waals surface area contributed by atoms with Gasteiger partial charge in [-0.15, -0.1) is 0 Å². The molecule has 0 atom stereocenters. The minimum Gasteiger partial charge on any atom is -0.493 e. The summed E-state index contributed by atoms with van der Waals surface area (Å²) in [6.45, 7) is 13.8. The highest BCUT2D eigenvalue weighted by Gasteiger charge is 2.40. The van der Waals surface area contributed by atoms with Gasteiger partial charge in [-0.1, -0.05) is 58.9 Å². The van der Waals surface area contributed by atoms with Gasteiger partial charge < -0.3 is 14.8 Å². The first-order valence-corrected chi connectivity index (χ1v) is 10.9. The molecular weight excluding hydrogens is 362 g/mol. The summed E-state index contributed by atoms with van der Waals surface area (Å²) in [7, 11) is 0. The van der Waals surface area contributed by atoms with Crippen LogP contribution in [-0.4, -0.2) is 24.7 Å². The monoisotopic (exact) mass is 399 g/mol. The van der Waals surface area contributed by atoms with Crippen molar-refractivity contribution in [3.8, 4) is 5.75 Å². The Morgan fingerprint density at radius 3 is 2.14 bits per heavy atom. The van der Waals surface area contributed by atoms with Crippen molar-refractivity contribution in [1.29, 1.82) is 0 Å². The maximum absolute atomic E-state index is 13.5. The molecular formula is C25H37NO3. The summed E-state index contributed by atoms with van der Waals surface area (Å²) < 4.78 is 12.0. The number of fused-ring (bicyclic) bond motifs is 1. The second-order valence-corrected chi connectivity index (χ2v) is 8.58. The Labute approximate surface area is 176 Å². The molecule has 1 amide bonds. The van der Waals surface area contributed by atoms with E-state index in [1.54, 1.807) is 0 Å². The molecule has 0 radical (unpaired) electrons. The quantitative estimate of drug-likeness (QED) is 0.473. The first-order valence-electron chi connectivity index (χ1n) is 10.9. The van der Waals surface area contributed by atoms with E-state index in [1.165, 1.54) is 0 Å². The van der Waals surface area contributed by atoms with Gasteiger partial charge in [0.05, 0.1) is 6.61 Å². The van der Waals surface area contributed by atoms with E-state index in [2.05, 4.69) is 39.9 Å². The SMILES string of the molecule is CCCOc1ccc(NC(=O)C(CC(C)C)(CC(C)C)OCC)c2ccccc12. The number of carbonyl (C=O) groups is 1. The number of nitrogens with one attached hydrogen (secondary N) is 1. The van der Waals surface area contributed by atoms with E-state index in [9.17, 15) is 4.79 Å². The molecule has 0 aliphatic rings. The van der Waals surface area contributed by atoms with Crippen LogP contribution in [0.4, 0.5) is 5.69 Å². The van der Waals surface area contributed by atoms with Crippen molar-refractivity contribution in [3.05, 3.63) is 36.4 Å². The number of anilines is 1. The number of hydrogen-bond acceptors (Lipinski definition) is 3. The Hall–Kier alpha value is -2.07. The highest BCUT2D eigenvalue weighted by Crippen LogP contribution is 2.35. The first-order chi connectivity index (χ1) is 13.8. The summed E-state index contributed by atoms with van der Waals surface area (Å²) in [6, 6.07) is 11.9. The third kappa shape index (κ3) is 5.96. The second kappa shape index (κ2) is 10.6. The van der Waals surface area contributed by atoms with Crippen molar-refractivity contribution in [1.82, 2.24) is 0 Å². The third-order valence-electron chi connectivity index (χ3n) is 4.90. The molecule has 2 aromatic rings. The van der Waals surface area contributed by atoms with E-state index in [0.29, 0.717) is 37.9 Å². The molecule has 0 saturated heterocycles. The maximum atomic E-state index is 13.5. The van der Waals surface area contributed by atoms with Gasteiger partial charge in [0.2, 0.25) is 0 Å². The van der Waals surface area contributed by atoms with Gasteiger partial charge in [-0.25, -0.2) is 0 Å². The molecule has 4 heteroatoms. The fraction of sp³-hybridized carbons (Fsp3) is 0.560. The molecule has 0 aliphatic carbocycles. The average molecular weight is 400 g/mol. The zero-order valence-corrected chi connectivity index (χ0v) is 18.9. The lowest BCUT2D eigenvalue weighted by Gasteiger charge is -2.35. The number of ether oxygens (including phenoxy) is 2. The van der Waals surface area contributed by atoms with Crippen LogP contribution in [0.1, 0.15) is 60.8 Å². The van der Waals surface area contributed by atoms with Crippen LogP contribution in [0.2, 0.25) is 0 Å². The van der Waals surface area contributed by atoms with Crippen molar-refractivity contribution >= 4 is 22.4 Å². The molecule has 2 rings (SSSR count). The van der Waals surface area contributed by atoms with E-state index in [1.807, 2.05) is 43.3 Å². The molecule has 0 spiro atoms. The number of rotatable bonds is 11. The molecule has 160 valence electrons. The Morgan fingerprint density at radius 1 is 0.966 bits per heavy atom. The van der Waals surface area contributed by atoms with Crippen molar-refractivity contribution in [2.45, 2.75) is 66.4 Å². The van der Waals surface area contributed by atoms with Gasteiger partial charge in [-0.2, -0.15) is 0 Å². The minimum atomic E-state index is -0.824.